The summed E-state index contributed by atoms with van der Waals surface area (Å²) >= 11 is 14.2. The van der Waals surface area contributed by atoms with Crippen molar-refractivity contribution in [1.82, 2.24) is 29.9 Å². The Morgan fingerprint density at radius 1 is 0.980 bits per heavy atom. The van der Waals surface area contributed by atoms with E-state index in [2.05, 4.69) is 20.5 Å². The molecule has 3 aromatic heterocycles. The number of amides is 1. The average molecular weight is 714 g/mol. The van der Waals surface area contributed by atoms with Crippen LogP contribution in [-0.4, -0.2) is 69.2 Å². The third-order valence-electron chi connectivity index (χ3n) is 9.66. The van der Waals surface area contributed by atoms with Crippen LogP contribution in [-0.2, 0) is 17.9 Å². The van der Waals surface area contributed by atoms with Crippen molar-refractivity contribution in [1.29, 1.82) is 0 Å². The number of hydrogen-bond donors (Lipinski definition) is 3. The first-order chi connectivity index (χ1) is 24.3. The molecule has 2 fully saturated rings. The van der Waals surface area contributed by atoms with Crippen molar-refractivity contribution in [3.05, 3.63) is 105 Å². The van der Waals surface area contributed by atoms with Gasteiger partial charge in [0.25, 0.3) is 5.56 Å². The van der Waals surface area contributed by atoms with Gasteiger partial charge in [0.1, 0.15) is 5.65 Å². The molecule has 3 N–H and O–H groups in total. The maximum Gasteiger partial charge on any atom is 0.262 e. The number of aromatic nitrogens is 3. The average Bonchev–Trinajstić information content (AvgIpc) is 3.77. The van der Waals surface area contributed by atoms with Crippen LogP contribution in [0.5, 0.6) is 5.88 Å². The van der Waals surface area contributed by atoms with Gasteiger partial charge in [-0.25, -0.2) is 9.97 Å². The van der Waals surface area contributed by atoms with Crippen LogP contribution in [0.4, 0.5) is 0 Å². The molecule has 5 heterocycles. The van der Waals surface area contributed by atoms with Gasteiger partial charge in [0.05, 0.1) is 35.0 Å². The molecule has 7 rings (SSSR count). The standard InChI is InChI=1S/C38H38Cl2N6O4/c1-50-37-24(18-41-20-26-11-13-34(48)43-26)10-12-32(44-37)31-9-3-8-30(36(31)40)29-7-2-6-28(35(29)39)23-14-16-46-33(17-23)42-19-25(38(46)49)21-45-15-4-5-27(45)22-47/h2-3,6-10,12,14,16-17,19,26-27,41,47H,4-5,11,13,15,18,20-22H2,1H3,(H,43,48)/t26-,27-/m0/s1. The highest BCUT2D eigenvalue weighted by atomic mass is 35.5. The number of benzene rings is 2. The number of likely N-dealkylation sites (tertiary alicyclic amines) is 1. The van der Waals surface area contributed by atoms with Crippen LogP contribution in [0.15, 0.2) is 77.9 Å². The number of aliphatic hydroxyl groups is 1. The number of methoxy groups -OCH3 is 1. The van der Waals surface area contributed by atoms with Crippen LogP contribution in [0, 0.1) is 0 Å². The first-order valence-electron chi connectivity index (χ1n) is 16.8. The van der Waals surface area contributed by atoms with Crippen LogP contribution < -0.4 is 20.9 Å². The molecular weight excluding hydrogens is 675 g/mol. The van der Waals surface area contributed by atoms with Crippen molar-refractivity contribution >= 4 is 34.8 Å². The molecule has 0 bridgehead atoms. The Balaban J connectivity index is 1.14. The third-order valence-corrected chi connectivity index (χ3v) is 10.5. The molecular formula is C38H38Cl2N6O4. The zero-order valence-electron chi connectivity index (χ0n) is 27.7. The van der Waals surface area contributed by atoms with E-state index in [0.717, 1.165) is 59.2 Å². The zero-order chi connectivity index (χ0) is 34.8. The highest BCUT2D eigenvalue weighted by molar-refractivity contribution is 6.39. The van der Waals surface area contributed by atoms with Gasteiger partial charge in [-0.2, -0.15) is 0 Å². The van der Waals surface area contributed by atoms with Gasteiger partial charge < -0.3 is 20.5 Å². The predicted octanol–water partition coefficient (Wildman–Crippen LogP) is 5.73. The van der Waals surface area contributed by atoms with Crippen LogP contribution in [0.25, 0.3) is 39.2 Å². The van der Waals surface area contributed by atoms with Crippen molar-refractivity contribution in [3.8, 4) is 39.4 Å². The lowest BCUT2D eigenvalue weighted by molar-refractivity contribution is -0.119. The second-order valence-electron chi connectivity index (χ2n) is 12.8. The number of rotatable bonds is 11. The van der Waals surface area contributed by atoms with Gasteiger partial charge in [0, 0.05) is 78.3 Å². The molecule has 0 aliphatic carbocycles. The van der Waals surface area contributed by atoms with E-state index in [1.165, 1.54) is 0 Å². The molecule has 12 heteroatoms. The Kier molecular flexibility index (Phi) is 10.2. The molecule has 2 aliphatic rings. The molecule has 0 spiro atoms. The summed E-state index contributed by atoms with van der Waals surface area (Å²) in [7, 11) is 1.59. The minimum atomic E-state index is -0.123. The number of halogens is 2. The van der Waals surface area contributed by atoms with E-state index in [-0.39, 0.29) is 30.2 Å². The number of pyridine rings is 2. The van der Waals surface area contributed by atoms with Crippen molar-refractivity contribution < 1.29 is 14.6 Å². The maximum absolute atomic E-state index is 13.4. The summed E-state index contributed by atoms with van der Waals surface area (Å²) in [5, 5.41) is 17.1. The van der Waals surface area contributed by atoms with Gasteiger partial charge in [0.2, 0.25) is 11.8 Å². The van der Waals surface area contributed by atoms with E-state index < -0.39 is 0 Å². The molecule has 2 saturated heterocycles. The quantitative estimate of drug-likeness (QED) is 0.159. The second-order valence-corrected chi connectivity index (χ2v) is 13.6. The van der Waals surface area contributed by atoms with E-state index in [4.69, 9.17) is 32.9 Å². The molecule has 2 atom stereocenters. The van der Waals surface area contributed by atoms with Gasteiger partial charge in [-0.05, 0) is 49.6 Å². The van der Waals surface area contributed by atoms with Gasteiger partial charge in [-0.1, -0.05) is 65.7 Å². The maximum atomic E-state index is 13.4. The molecule has 2 aliphatic heterocycles. The van der Waals surface area contributed by atoms with Gasteiger partial charge >= 0.3 is 0 Å². The van der Waals surface area contributed by atoms with E-state index in [1.54, 1.807) is 23.9 Å². The zero-order valence-corrected chi connectivity index (χ0v) is 29.2. The second kappa shape index (κ2) is 14.9. The minimum Gasteiger partial charge on any atom is -0.481 e. The Morgan fingerprint density at radius 3 is 2.48 bits per heavy atom. The Morgan fingerprint density at radius 2 is 1.74 bits per heavy atom. The molecule has 10 nitrogen and oxygen atoms in total. The highest BCUT2D eigenvalue weighted by Gasteiger charge is 2.25. The summed E-state index contributed by atoms with van der Waals surface area (Å²) in [5.74, 6) is 0.589. The molecule has 1 amide bonds. The molecule has 0 radical (unpaired) electrons. The van der Waals surface area contributed by atoms with Crippen molar-refractivity contribution in [2.75, 3.05) is 26.8 Å². The summed E-state index contributed by atoms with van der Waals surface area (Å²) in [4.78, 5) is 36.4. The van der Waals surface area contributed by atoms with Crippen molar-refractivity contribution in [2.45, 2.75) is 50.9 Å². The van der Waals surface area contributed by atoms with Crippen LogP contribution in [0.2, 0.25) is 10.0 Å². The predicted molar refractivity (Wildman–Crippen MR) is 196 cm³/mol. The smallest absolute Gasteiger partial charge is 0.262 e. The van der Waals surface area contributed by atoms with Crippen molar-refractivity contribution in [3.63, 3.8) is 0 Å². The topological polar surface area (TPSA) is 121 Å². The van der Waals surface area contributed by atoms with Gasteiger partial charge in [0.15, 0.2) is 0 Å². The van der Waals surface area contributed by atoms with Crippen LogP contribution in [0.1, 0.15) is 36.8 Å². The van der Waals surface area contributed by atoms with Crippen LogP contribution >= 0.6 is 23.2 Å². The fraction of sp³-hybridized carbons (Fsp3) is 0.316. The molecule has 50 heavy (non-hydrogen) atoms. The highest BCUT2D eigenvalue weighted by Crippen LogP contribution is 2.42. The Bertz CT molecular complexity index is 2120. The normalized spacial score (nSPS) is 17.8. The largest absolute Gasteiger partial charge is 0.481 e. The van der Waals surface area contributed by atoms with E-state index in [1.807, 2.05) is 60.7 Å². The third kappa shape index (κ3) is 6.86. The number of aliphatic hydroxyl groups excluding tert-OH is 1. The molecule has 0 saturated carbocycles. The first-order valence-corrected chi connectivity index (χ1v) is 17.6. The van der Waals surface area contributed by atoms with Gasteiger partial charge in [-0.15, -0.1) is 0 Å². The summed E-state index contributed by atoms with van der Waals surface area (Å²) in [6.45, 7) is 2.62. The Hall–Kier alpha value is -4.32. The SMILES string of the molecule is COc1nc(-c2cccc(-c3cccc(-c4ccn5c(=O)c(CN6CCC[C@H]6CO)cnc5c4)c3Cl)c2Cl)ccc1CNC[C@@H]1CCC(=O)N1. The number of nitrogens with zero attached hydrogens (tertiary/aromatic N) is 4. The molecule has 2 aromatic carbocycles. The fourth-order valence-corrected chi connectivity index (χ4v) is 7.62. The van der Waals surface area contributed by atoms with Crippen molar-refractivity contribution in [2.24, 2.45) is 0 Å². The number of carbonyl (C=O) groups is 1. The monoisotopic (exact) mass is 712 g/mol. The summed E-state index contributed by atoms with van der Waals surface area (Å²) in [6, 6.07) is 19.4. The number of hydrogen-bond acceptors (Lipinski definition) is 8. The Labute approximate surface area is 300 Å². The number of nitrogens with one attached hydrogen (secondary N) is 2. The first kappa shape index (κ1) is 34.1. The van der Waals surface area contributed by atoms with Gasteiger partial charge in [-0.3, -0.25) is 18.9 Å². The fourth-order valence-electron chi connectivity index (χ4n) is 6.96. The minimum absolute atomic E-state index is 0.0766. The summed E-state index contributed by atoms with van der Waals surface area (Å²) in [5.41, 5.74) is 6.39. The molecule has 5 aromatic rings. The lowest BCUT2D eigenvalue weighted by atomic mass is 9.97. The summed E-state index contributed by atoms with van der Waals surface area (Å²) in [6.07, 6.45) is 6.71. The number of fused-ring (bicyclic) bond motifs is 1. The summed E-state index contributed by atoms with van der Waals surface area (Å²) < 4.78 is 7.20. The lowest BCUT2D eigenvalue weighted by Gasteiger charge is -2.22. The molecule has 258 valence electrons. The number of ether oxygens (including phenoxy) is 1. The van der Waals surface area contributed by atoms with E-state index in [0.29, 0.717) is 58.9 Å². The number of carbonyl (C=O) groups excluding carboxylic acids is 1. The van der Waals surface area contributed by atoms with E-state index >= 15 is 0 Å². The van der Waals surface area contributed by atoms with Crippen LogP contribution in [0.3, 0.4) is 0 Å². The van der Waals surface area contributed by atoms with E-state index in [9.17, 15) is 14.7 Å². The molecule has 0 unspecified atom stereocenters. The lowest BCUT2D eigenvalue weighted by Crippen LogP contribution is -2.35.